The fourth-order valence-electron chi connectivity index (χ4n) is 3.84. The molecule has 2 aromatic rings. The molecule has 0 spiro atoms. The lowest BCUT2D eigenvalue weighted by Crippen LogP contribution is -2.28. The highest BCUT2D eigenvalue weighted by Gasteiger charge is 2.26. The van der Waals surface area contributed by atoms with Crippen LogP contribution < -0.4 is 14.5 Å². The van der Waals surface area contributed by atoms with Crippen LogP contribution in [0.2, 0.25) is 0 Å². The van der Waals surface area contributed by atoms with E-state index in [1.54, 1.807) is 19.3 Å². The average molecular weight is 477 g/mol. The van der Waals surface area contributed by atoms with Crippen molar-refractivity contribution in [1.29, 1.82) is 0 Å². The van der Waals surface area contributed by atoms with Gasteiger partial charge >= 0.3 is 5.97 Å². The standard InChI is InChI=1S/C25H34F2N4O3/c1-17(14-23(32)34-25(2,3)4)18-6-8-19(9-7-18)33-20-11-13-31(15-20)22-10-12-28-24(29-22)30(5)16-21(26)27/h6-10,12,17,20-21H,11,13-16H2,1-5H3/t17-,20-/m1/s1. The number of hydrogen-bond donors (Lipinski definition) is 0. The van der Waals surface area contributed by atoms with Gasteiger partial charge < -0.3 is 19.3 Å². The van der Waals surface area contributed by atoms with Crippen LogP contribution in [0.4, 0.5) is 20.5 Å². The zero-order valence-corrected chi connectivity index (χ0v) is 20.5. The summed E-state index contributed by atoms with van der Waals surface area (Å²) in [7, 11) is 1.55. The maximum absolute atomic E-state index is 12.7. The average Bonchev–Trinajstić information content (AvgIpc) is 3.21. The van der Waals surface area contributed by atoms with E-state index >= 15 is 0 Å². The van der Waals surface area contributed by atoms with Crippen molar-refractivity contribution in [3.63, 3.8) is 0 Å². The van der Waals surface area contributed by atoms with E-state index in [-0.39, 0.29) is 23.9 Å². The lowest BCUT2D eigenvalue weighted by atomic mass is 9.98. The number of benzene rings is 1. The number of nitrogens with zero attached hydrogens (tertiary/aromatic N) is 4. The number of hydrogen-bond acceptors (Lipinski definition) is 7. The van der Waals surface area contributed by atoms with Gasteiger partial charge in [-0.3, -0.25) is 4.79 Å². The lowest BCUT2D eigenvalue weighted by molar-refractivity contribution is -0.155. The molecule has 1 aliphatic rings. The number of ether oxygens (including phenoxy) is 2. The summed E-state index contributed by atoms with van der Waals surface area (Å²) >= 11 is 0. The highest BCUT2D eigenvalue weighted by atomic mass is 19.3. The smallest absolute Gasteiger partial charge is 0.306 e. The molecule has 186 valence electrons. The van der Waals surface area contributed by atoms with Crippen LogP contribution in [0.25, 0.3) is 0 Å². The summed E-state index contributed by atoms with van der Waals surface area (Å²) in [6.45, 7) is 8.58. The van der Waals surface area contributed by atoms with Crippen LogP contribution in [-0.4, -0.2) is 60.7 Å². The van der Waals surface area contributed by atoms with Gasteiger partial charge in [-0.05, 0) is 50.5 Å². The molecule has 34 heavy (non-hydrogen) atoms. The Kier molecular flexibility index (Phi) is 8.28. The van der Waals surface area contributed by atoms with Crippen molar-refractivity contribution in [3.05, 3.63) is 42.1 Å². The third-order valence-electron chi connectivity index (χ3n) is 5.50. The van der Waals surface area contributed by atoms with Crippen LogP contribution in [0.3, 0.4) is 0 Å². The van der Waals surface area contributed by atoms with Crippen molar-refractivity contribution >= 4 is 17.7 Å². The van der Waals surface area contributed by atoms with Gasteiger partial charge in [-0.15, -0.1) is 0 Å². The third kappa shape index (κ3) is 7.53. The largest absolute Gasteiger partial charge is 0.489 e. The van der Waals surface area contributed by atoms with Crippen LogP contribution in [0.1, 0.15) is 52.0 Å². The minimum Gasteiger partial charge on any atom is -0.489 e. The van der Waals surface area contributed by atoms with Gasteiger partial charge in [0.2, 0.25) is 5.95 Å². The van der Waals surface area contributed by atoms with E-state index < -0.39 is 18.6 Å². The number of aromatic nitrogens is 2. The van der Waals surface area contributed by atoms with Gasteiger partial charge in [0.05, 0.1) is 19.5 Å². The van der Waals surface area contributed by atoms with E-state index in [1.807, 2.05) is 52.0 Å². The molecule has 2 heterocycles. The fraction of sp³-hybridized carbons (Fsp3) is 0.560. The molecule has 0 unspecified atom stereocenters. The minimum atomic E-state index is -2.45. The number of esters is 1. The van der Waals surface area contributed by atoms with Crippen molar-refractivity contribution in [2.24, 2.45) is 0 Å². The van der Waals surface area contributed by atoms with Crippen molar-refractivity contribution in [2.45, 2.75) is 64.6 Å². The molecule has 0 bridgehead atoms. The highest BCUT2D eigenvalue weighted by Crippen LogP contribution is 2.26. The molecule has 0 N–H and O–H groups in total. The van der Waals surface area contributed by atoms with E-state index in [0.29, 0.717) is 18.8 Å². The van der Waals surface area contributed by atoms with Crippen LogP contribution in [0.5, 0.6) is 5.75 Å². The molecule has 0 radical (unpaired) electrons. The summed E-state index contributed by atoms with van der Waals surface area (Å²) in [6, 6.07) is 9.58. The molecular weight excluding hydrogens is 442 g/mol. The molecule has 0 amide bonds. The maximum Gasteiger partial charge on any atom is 0.306 e. The van der Waals surface area contributed by atoms with Gasteiger partial charge in [0.15, 0.2) is 0 Å². The van der Waals surface area contributed by atoms with Crippen molar-refractivity contribution < 1.29 is 23.0 Å². The van der Waals surface area contributed by atoms with Crippen molar-refractivity contribution in [1.82, 2.24) is 9.97 Å². The molecule has 1 saturated heterocycles. The van der Waals surface area contributed by atoms with E-state index in [4.69, 9.17) is 9.47 Å². The number of carbonyl (C=O) groups excluding carboxylic acids is 1. The topological polar surface area (TPSA) is 67.8 Å². The molecule has 0 saturated carbocycles. The Labute approximate surface area is 200 Å². The van der Waals surface area contributed by atoms with Gasteiger partial charge in [0.25, 0.3) is 6.43 Å². The molecular formula is C25H34F2N4O3. The second-order valence-electron chi connectivity index (χ2n) is 9.72. The van der Waals surface area contributed by atoms with Gasteiger partial charge in [0.1, 0.15) is 23.3 Å². The van der Waals surface area contributed by atoms with Crippen molar-refractivity contribution in [3.8, 4) is 5.75 Å². The molecule has 2 atom stereocenters. The predicted octanol–water partition coefficient (Wildman–Crippen LogP) is 4.67. The fourth-order valence-corrected chi connectivity index (χ4v) is 3.84. The zero-order chi connectivity index (χ0) is 24.9. The first-order valence-corrected chi connectivity index (χ1v) is 11.6. The molecule has 7 nitrogen and oxygen atoms in total. The first-order valence-electron chi connectivity index (χ1n) is 11.6. The van der Waals surface area contributed by atoms with Crippen molar-refractivity contribution in [2.75, 3.05) is 36.5 Å². The first-order chi connectivity index (χ1) is 16.0. The quantitative estimate of drug-likeness (QED) is 0.487. The second-order valence-corrected chi connectivity index (χ2v) is 9.72. The SMILES string of the molecule is C[C@H](CC(=O)OC(C)(C)C)c1ccc(O[C@@H]2CCN(c3ccnc(N(C)CC(F)F)n3)C2)cc1. The second kappa shape index (κ2) is 11.0. The van der Waals surface area contributed by atoms with E-state index in [0.717, 1.165) is 24.3 Å². The monoisotopic (exact) mass is 476 g/mol. The Morgan fingerprint density at radius 2 is 1.94 bits per heavy atom. The Bertz CT molecular complexity index is 950. The Morgan fingerprint density at radius 3 is 2.59 bits per heavy atom. The number of anilines is 2. The molecule has 1 aliphatic heterocycles. The maximum atomic E-state index is 12.7. The van der Waals surface area contributed by atoms with Crippen LogP contribution in [0, 0.1) is 0 Å². The zero-order valence-electron chi connectivity index (χ0n) is 20.5. The number of rotatable bonds is 9. The van der Waals surface area contributed by atoms with Gasteiger partial charge in [0, 0.05) is 26.2 Å². The van der Waals surface area contributed by atoms with E-state index in [1.165, 1.54) is 4.90 Å². The van der Waals surface area contributed by atoms with Crippen LogP contribution in [-0.2, 0) is 9.53 Å². The predicted molar refractivity (Wildman–Crippen MR) is 128 cm³/mol. The molecule has 0 aliphatic carbocycles. The van der Waals surface area contributed by atoms with Gasteiger partial charge in [-0.1, -0.05) is 19.1 Å². The summed E-state index contributed by atoms with van der Waals surface area (Å²) in [4.78, 5) is 24.1. The van der Waals surface area contributed by atoms with E-state index in [2.05, 4.69) is 14.9 Å². The Hall–Kier alpha value is -2.97. The molecule has 3 rings (SSSR count). The molecule has 1 fully saturated rings. The highest BCUT2D eigenvalue weighted by molar-refractivity contribution is 5.71. The molecule has 1 aromatic carbocycles. The van der Waals surface area contributed by atoms with Crippen LogP contribution in [0.15, 0.2) is 36.5 Å². The normalized spacial score (nSPS) is 17.1. The summed E-state index contributed by atoms with van der Waals surface area (Å²) in [5, 5.41) is 0. The summed E-state index contributed by atoms with van der Waals surface area (Å²) in [6.07, 6.45) is 0.270. The Balaban J connectivity index is 1.53. The minimum absolute atomic E-state index is 0.0118. The summed E-state index contributed by atoms with van der Waals surface area (Å²) < 4.78 is 36.9. The van der Waals surface area contributed by atoms with E-state index in [9.17, 15) is 13.6 Å². The lowest BCUT2D eigenvalue weighted by Gasteiger charge is -2.21. The molecule has 9 heteroatoms. The van der Waals surface area contributed by atoms with Gasteiger partial charge in [-0.2, -0.15) is 4.98 Å². The third-order valence-corrected chi connectivity index (χ3v) is 5.50. The summed E-state index contributed by atoms with van der Waals surface area (Å²) in [5.74, 6) is 1.57. The summed E-state index contributed by atoms with van der Waals surface area (Å²) in [5.41, 5.74) is 0.561. The number of alkyl halides is 2. The molecule has 1 aromatic heterocycles. The first kappa shape index (κ1) is 25.6. The number of carbonyl (C=O) groups is 1. The van der Waals surface area contributed by atoms with Gasteiger partial charge in [-0.25, -0.2) is 13.8 Å². The van der Waals surface area contributed by atoms with Crippen LogP contribution >= 0.6 is 0 Å². The number of halogens is 2. The Morgan fingerprint density at radius 1 is 1.24 bits per heavy atom.